The molecule has 2 atom stereocenters. The van der Waals surface area contributed by atoms with Crippen LogP contribution in [0.4, 0.5) is 13.2 Å². The van der Waals surface area contributed by atoms with Crippen LogP contribution in [0.2, 0.25) is 0 Å². The maximum atomic E-state index is 12.7. The Labute approximate surface area is 114 Å². The molecule has 1 aromatic rings. The van der Waals surface area contributed by atoms with E-state index < -0.39 is 33.9 Å². The second-order valence-corrected chi connectivity index (χ2v) is 6.80. The summed E-state index contributed by atoms with van der Waals surface area (Å²) in [7, 11) is -3.59. The summed E-state index contributed by atoms with van der Waals surface area (Å²) in [6, 6.07) is 3.78. The highest BCUT2D eigenvalue weighted by molar-refractivity contribution is 7.88. The normalized spacial score (nSPS) is 25.1. The molecule has 8 heteroatoms. The summed E-state index contributed by atoms with van der Waals surface area (Å²) in [5, 5.41) is 9.60. The molecular formula is C12H14F3NO3S. The van der Waals surface area contributed by atoms with Gasteiger partial charge in [-0.2, -0.15) is 17.5 Å². The predicted molar refractivity (Wildman–Crippen MR) is 66.4 cm³/mol. The van der Waals surface area contributed by atoms with Crippen LogP contribution in [0.25, 0.3) is 0 Å². The standard InChI is InChI=1S/C12H14F3NO3S/c1-20(18,19)16-7-10(17)6-11(16)8-3-2-4-9(5-8)12(13,14)15/h2-5,10-11,17H,6-7H2,1H3/t10-,11+/m0/s1. The van der Waals surface area contributed by atoms with Gasteiger partial charge in [0, 0.05) is 6.54 Å². The number of β-amino-alcohol motifs (C(OH)–C–C–N with tert-alkyl or cyclic N) is 1. The van der Waals surface area contributed by atoms with E-state index in [1.807, 2.05) is 0 Å². The van der Waals surface area contributed by atoms with E-state index in [1.165, 1.54) is 12.1 Å². The number of hydrogen-bond donors (Lipinski definition) is 1. The van der Waals surface area contributed by atoms with Crippen molar-refractivity contribution in [3.63, 3.8) is 0 Å². The van der Waals surface area contributed by atoms with Crippen molar-refractivity contribution in [1.29, 1.82) is 0 Å². The van der Waals surface area contributed by atoms with Crippen LogP contribution in [-0.2, 0) is 16.2 Å². The summed E-state index contributed by atoms with van der Waals surface area (Å²) in [5.74, 6) is 0. The van der Waals surface area contributed by atoms with E-state index >= 15 is 0 Å². The Morgan fingerprint density at radius 3 is 2.55 bits per heavy atom. The first-order chi connectivity index (χ1) is 9.09. The summed E-state index contributed by atoms with van der Waals surface area (Å²) >= 11 is 0. The van der Waals surface area contributed by atoms with E-state index in [-0.39, 0.29) is 18.5 Å². The van der Waals surface area contributed by atoms with Gasteiger partial charge >= 0.3 is 6.18 Å². The van der Waals surface area contributed by atoms with Gasteiger partial charge in [0.2, 0.25) is 10.0 Å². The minimum absolute atomic E-state index is 0.0916. The number of aliphatic hydroxyl groups excluding tert-OH is 1. The minimum Gasteiger partial charge on any atom is -0.392 e. The molecule has 2 rings (SSSR count). The van der Waals surface area contributed by atoms with Gasteiger partial charge in [-0.3, -0.25) is 0 Å². The molecule has 0 aromatic heterocycles. The third-order valence-electron chi connectivity index (χ3n) is 3.26. The molecule has 112 valence electrons. The highest BCUT2D eigenvalue weighted by Crippen LogP contribution is 2.37. The number of alkyl halides is 3. The highest BCUT2D eigenvalue weighted by atomic mass is 32.2. The van der Waals surface area contributed by atoms with Crippen LogP contribution in [0.15, 0.2) is 24.3 Å². The summed E-state index contributed by atoms with van der Waals surface area (Å²) < 4.78 is 62.4. The van der Waals surface area contributed by atoms with E-state index in [2.05, 4.69) is 0 Å². The van der Waals surface area contributed by atoms with E-state index in [4.69, 9.17) is 0 Å². The number of hydrogen-bond acceptors (Lipinski definition) is 3. The lowest BCUT2D eigenvalue weighted by atomic mass is 10.0. The lowest BCUT2D eigenvalue weighted by Crippen LogP contribution is -2.30. The van der Waals surface area contributed by atoms with Crippen molar-refractivity contribution in [2.75, 3.05) is 12.8 Å². The molecule has 1 fully saturated rings. The number of aliphatic hydroxyl groups is 1. The molecule has 1 N–H and O–H groups in total. The SMILES string of the molecule is CS(=O)(=O)N1C[C@@H](O)C[C@@H]1c1cccc(C(F)(F)F)c1. The monoisotopic (exact) mass is 309 g/mol. The maximum absolute atomic E-state index is 12.7. The molecule has 1 heterocycles. The Balaban J connectivity index is 2.40. The van der Waals surface area contributed by atoms with Crippen LogP contribution in [-0.4, -0.2) is 36.7 Å². The first kappa shape index (κ1) is 15.3. The second-order valence-electron chi connectivity index (χ2n) is 4.86. The van der Waals surface area contributed by atoms with Gasteiger partial charge in [-0.15, -0.1) is 0 Å². The van der Waals surface area contributed by atoms with E-state index in [1.54, 1.807) is 0 Å². The summed E-state index contributed by atoms with van der Waals surface area (Å²) in [6.45, 7) is -0.0975. The van der Waals surface area contributed by atoms with Crippen molar-refractivity contribution >= 4 is 10.0 Å². The average Bonchev–Trinajstić information content (AvgIpc) is 2.70. The molecule has 1 aromatic carbocycles. The first-order valence-corrected chi connectivity index (χ1v) is 7.76. The maximum Gasteiger partial charge on any atom is 0.416 e. The van der Waals surface area contributed by atoms with E-state index in [0.29, 0.717) is 0 Å². The van der Waals surface area contributed by atoms with Gasteiger partial charge in [0.15, 0.2) is 0 Å². The third-order valence-corrected chi connectivity index (χ3v) is 4.51. The lowest BCUT2D eigenvalue weighted by Gasteiger charge is -2.22. The molecule has 0 bridgehead atoms. The van der Waals surface area contributed by atoms with Crippen molar-refractivity contribution in [3.05, 3.63) is 35.4 Å². The Morgan fingerprint density at radius 2 is 2.00 bits per heavy atom. The second kappa shape index (κ2) is 5.01. The van der Waals surface area contributed by atoms with Crippen LogP contribution >= 0.6 is 0 Å². The fraction of sp³-hybridized carbons (Fsp3) is 0.500. The molecule has 1 saturated heterocycles. The molecule has 1 aliphatic heterocycles. The van der Waals surface area contributed by atoms with Crippen molar-refractivity contribution in [2.45, 2.75) is 24.7 Å². The van der Waals surface area contributed by atoms with Gasteiger partial charge in [-0.1, -0.05) is 12.1 Å². The number of benzene rings is 1. The molecule has 20 heavy (non-hydrogen) atoms. The van der Waals surface area contributed by atoms with Gasteiger partial charge in [0.05, 0.1) is 24.0 Å². The molecule has 0 spiro atoms. The van der Waals surface area contributed by atoms with Crippen LogP contribution in [0.5, 0.6) is 0 Å². The van der Waals surface area contributed by atoms with Gasteiger partial charge in [-0.25, -0.2) is 8.42 Å². The zero-order valence-electron chi connectivity index (χ0n) is 10.6. The van der Waals surface area contributed by atoms with Gasteiger partial charge < -0.3 is 5.11 Å². The quantitative estimate of drug-likeness (QED) is 0.906. The number of rotatable bonds is 2. The average molecular weight is 309 g/mol. The lowest BCUT2D eigenvalue weighted by molar-refractivity contribution is -0.137. The predicted octanol–water partition coefficient (Wildman–Crippen LogP) is 1.77. The summed E-state index contributed by atoms with van der Waals surface area (Å²) in [6.07, 6.45) is -4.28. The fourth-order valence-corrected chi connectivity index (χ4v) is 3.49. The summed E-state index contributed by atoms with van der Waals surface area (Å²) in [5.41, 5.74) is -0.591. The van der Waals surface area contributed by atoms with E-state index in [0.717, 1.165) is 22.7 Å². The van der Waals surface area contributed by atoms with Crippen LogP contribution < -0.4 is 0 Å². The highest BCUT2D eigenvalue weighted by Gasteiger charge is 2.39. The van der Waals surface area contributed by atoms with Gasteiger partial charge in [0.25, 0.3) is 0 Å². The number of sulfonamides is 1. The van der Waals surface area contributed by atoms with Gasteiger partial charge in [0.1, 0.15) is 0 Å². The molecule has 0 aliphatic carbocycles. The van der Waals surface area contributed by atoms with Crippen molar-refractivity contribution in [2.24, 2.45) is 0 Å². The topological polar surface area (TPSA) is 57.6 Å². The van der Waals surface area contributed by atoms with Crippen LogP contribution in [0, 0.1) is 0 Å². The van der Waals surface area contributed by atoms with Crippen LogP contribution in [0.3, 0.4) is 0 Å². The van der Waals surface area contributed by atoms with Crippen molar-refractivity contribution < 1.29 is 26.7 Å². The Bertz CT molecular complexity index is 600. The van der Waals surface area contributed by atoms with Crippen molar-refractivity contribution in [1.82, 2.24) is 4.31 Å². The molecule has 4 nitrogen and oxygen atoms in total. The summed E-state index contributed by atoms with van der Waals surface area (Å²) in [4.78, 5) is 0. The smallest absolute Gasteiger partial charge is 0.392 e. The number of nitrogens with zero attached hydrogens (tertiary/aromatic N) is 1. The zero-order chi connectivity index (χ0) is 15.1. The Morgan fingerprint density at radius 1 is 1.35 bits per heavy atom. The molecule has 0 saturated carbocycles. The Hall–Kier alpha value is -1.12. The molecule has 0 amide bonds. The molecule has 0 radical (unpaired) electrons. The first-order valence-electron chi connectivity index (χ1n) is 5.91. The molecule has 1 aliphatic rings. The largest absolute Gasteiger partial charge is 0.416 e. The molecular weight excluding hydrogens is 295 g/mol. The third kappa shape index (κ3) is 3.13. The van der Waals surface area contributed by atoms with Crippen molar-refractivity contribution in [3.8, 4) is 0 Å². The molecule has 0 unspecified atom stereocenters. The zero-order valence-corrected chi connectivity index (χ0v) is 11.4. The fourth-order valence-electron chi connectivity index (χ4n) is 2.38. The van der Waals surface area contributed by atoms with Gasteiger partial charge in [-0.05, 0) is 24.1 Å². The van der Waals surface area contributed by atoms with E-state index in [9.17, 15) is 26.7 Å². The van der Waals surface area contributed by atoms with Crippen LogP contribution in [0.1, 0.15) is 23.6 Å². The Kier molecular flexibility index (Phi) is 3.83. The number of halogens is 3. The minimum atomic E-state index is -4.48.